The zero-order valence-electron chi connectivity index (χ0n) is 11.2. The number of hydrogen-bond donors (Lipinski definition) is 1. The van der Waals surface area contributed by atoms with Crippen LogP contribution in [0.4, 0.5) is 0 Å². The van der Waals surface area contributed by atoms with E-state index in [4.69, 9.17) is 5.73 Å². The summed E-state index contributed by atoms with van der Waals surface area (Å²) >= 11 is 3.53. The van der Waals surface area contributed by atoms with Crippen LogP contribution in [0.1, 0.15) is 22.7 Å². The van der Waals surface area contributed by atoms with Gasteiger partial charge in [-0.05, 0) is 41.8 Å². The second-order valence-corrected chi connectivity index (χ2v) is 5.88. The molecule has 20 heavy (non-hydrogen) atoms. The molecule has 1 heterocycles. The lowest BCUT2D eigenvalue weighted by molar-refractivity contribution is 0.874. The zero-order chi connectivity index (χ0) is 14.1. The van der Waals surface area contributed by atoms with Crippen molar-refractivity contribution in [3.05, 3.63) is 75.9 Å². The molecule has 1 unspecified atom stereocenters. The van der Waals surface area contributed by atoms with E-state index in [1.165, 1.54) is 5.56 Å². The van der Waals surface area contributed by atoms with Crippen LogP contribution in [0.15, 0.2) is 59.2 Å². The van der Waals surface area contributed by atoms with Crippen molar-refractivity contribution in [1.82, 2.24) is 4.98 Å². The van der Waals surface area contributed by atoms with E-state index in [9.17, 15) is 0 Å². The summed E-state index contributed by atoms with van der Waals surface area (Å²) in [4.78, 5) is 4.48. The molecule has 0 aliphatic heterocycles. The molecule has 2 aromatic carbocycles. The van der Waals surface area contributed by atoms with E-state index in [1.807, 2.05) is 18.3 Å². The molecule has 2 nitrogen and oxygen atoms in total. The Hall–Kier alpha value is -1.71. The topological polar surface area (TPSA) is 38.9 Å². The van der Waals surface area contributed by atoms with E-state index in [0.717, 1.165) is 26.5 Å². The van der Waals surface area contributed by atoms with Gasteiger partial charge >= 0.3 is 0 Å². The van der Waals surface area contributed by atoms with Crippen LogP contribution in [-0.2, 0) is 0 Å². The minimum Gasteiger partial charge on any atom is -0.320 e. The average Bonchev–Trinajstić information content (AvgIpc) is 2.45. The van der Waals surface area contributed by atoms with Crippen LogP contribution >= 0.6 is 15.9 Å². The lowest BCUT2D eigenvalue weighted by Gasteiger charge is -2.15. The van der Waals surface area contributed by atoms with Gasteiger partial charge in [-0.1, -0.05) is 46.3 Å². The summed E-state index contributed by atoms with van der Waals surface area (Å²) in [5.41, 5.74) is 10.8. The van der Waals surface area contributed by atoms with Crippen LogP contribution < -0.4 is 5.73 Å². The van der Waals surface area contributed by atoms with Crippen molar-refractivity contribution < 1.29 is 0 Å². The molecular formula is C17H15BrN2. The predicted molar refractivity (Wildman–Crippen MR) is 86.7 cm³/mol. The maximum Gasteiger partial charge on any atom is 0.0753 e. The number of rotatable bonds is 2. The first kappa shape index (κ1) is 13.3. The molecule has 0 saturated heterocycles. The van der Waals surface area contributed by atoms with E-state index in [-0.39, 0.29) is 6.04 Å². The highest BCUT2D eigenvalue weighted by Gasteiger charge is 2.13. The number of aromatic nitrogens is 1. The Kier molecular flexibility index (Phi) is 3.55. The Morgan fingerprint density at radius 1 is 1.10 bits per heavy atom. The van der Waals surface area contributed by atoms with Crippen molar-refractivity contribution in [3.8, 4) is 0 Å². The van der Waals surface area contributed by atoms with Crippen LogP contribution in [0.25, 0.3) is 10.9 Å². The number of pyridine rings is 1. The molecule has 0 aliphatic rings. The second-order valence-electron chi connectivity index (χ2n) is 4.96. The Balaban J connectivity index is 2.15. The molecule has 2 N–H and O–H groups in total. The third-order valence-corrected chi connectivity index (χ3v) is 3.88. The standard InChI is InChI=1S/C17H15BrN2/c1-11-8-13(10-14(18)9-11)16(19)15-6-2-4-12-5-3-7-20-17(12)15/h2-10,16H,19H2,1H3. The highest BCUT2D eigenvalue weighted by Crippen LogP contribution is 2.28. The fourth-order valence-corrected chi connectivity index (χ4v) is 3.13. The fourth-order valence-electron chi connectivity index (χ4n) is 2.50. The van der Waals surface area contributed by atoms with E-state index in [1.54, 1.807) is 0 Å². The minimum absolute atomic E-state index is 0.176. The molecule has 0 aliphatic carbocycles. The minimum atomic E-state index is -0.176. The first-order valence-electron chi connectivity index (χ1n) is 6.51. The van der Waals surface area contributed by atoms with Crippen molar-refractivity contribution in [2.45, 2.75) is 13.0 Å². The Morgan fingerprint density at radius 2 is 1.90 bits per heavy atom. The van der Waals surface area contributed by atoms with Crippen LogP contribution in [0.5, 0.6) is 0 Å². The molecule has 1 atom stereocenters. The molecule has 3 rings (SSSR count). The monoisotopic (exact) mass is 326 g/mol. The van der Waals surface area contributed by atoms with Gasteiger partial charge in [0.2, 0.25) is 0 Å². The molecule has 1 aromatic heterocycles. The van der Waals surface area contributed by atoms with Crippen molar-refractivity contribution in [2.75, 3.05) is 0 Å². The molecule has 3 heteroatoms. The van der Waals surface area contributed by atoms with E-state index in [2.05, 4.69) is 64.2 Å². The summed E-state index contributed by atoms with van der Waals surface area (Å²) in [5.74, 6) is 0. The van der Waals surface area contributed by atoms with Crippen molar-refractivity contribution in [2.24, 2.45) is 5.73 Å². The number of benzene rings is 2. The smallest absolute Gasteiger partial charge is 0.0753 e. The van der Waals surface area contributed by atoms with Gasteiger partial charge in [0.25, 0.3) is 0 Å². The van der Waals surface area contributed by atoms with Gasteiger partial charge in [0.15, 0.2) is 0 Å². The molecule has 0 amide bonds. The molecule has 0 bridgehead atoms. The molecule has 0 spiro atoms. The van der Waals surface area contributed by atoms with Gasteiger partial charge in [0, 0.05) is 16.1 Å². The van der Waals surface area contributed by atoms with E-state index >= 15 is 0 Å². The van der Waals surface area contributed by atoms with E-state index < -0.39 is 0 Å². The number of halogens is 1. The first-order chi connectivity index (χ1) is 9.65. The summed E-state index contributed by atoms with van der Waals surface area (Å²) in [6.07, 6.45) is 1.81. The van der Waals surface area contributed by atoms with Crippen LogP contribution in [0, 0.1) is 6.92 Å². The van der Waals surface area contributed by atoms with Gasteiger partial charge in [-0.15, -0.1) is 0 Å². The molecule has 0 fully saturated rings. The Labute approximate surface area is 126 Å². The number of aryl methyl sites for hydroxylation is 1. The largest absolute Gasteiger partial charge is 0.320 e. The predicted octanol–water partition coefficient (Wildman–Crippen LogP) is 4.35. The average molecular weight is 327 g/mol. The van der Waals surface area contributed by atoms with Gasteiger partial charge in [-0.3, -0.25) is 4.98 Å². The van der Waals surface area contributed by atoms with Crippen LogP contribution in [-0.4, -0.2) is 4.98 Å². The van der Waals surface area contributed by atoms with Crippen LogP contribution in [0.3, 0.4) is 0 Å². The summed E-state index contributed by atoms with van der Waals surface area (Å²) in [7, 11) is 0. The SMILES string of the molecule is Cc1cc(Br)cc(C(N)c2cccc3cccnc23)c1. The normalized spacial score (nSPS) is 12.6. The third kappa shape index (κ3) is 2.47. The number of fused-ring (bicyclic) bond motifs is 1. The van der Waals surface area contributed by atoms with Crippen molar-refractivity contribution >= 4 is 26.8 Å². The van der Waals surface area contributed by atoms with Crippen molar-refractivity contribution in [3.63, 3.8) is 0 Å². The Morgan fingerprint density at radius 3 is 2.70 bits per heavy atom. The van der Waals surface area contributed by atoms with Gasteiger partial charge in [0.1, 0.15) is 0 Å². The quantitative estimate of drug-likeness (QED) is 0.760. The lowest BCUT2D eigenvalue weighted by atomic mass is 9.96. The van der Waals surface area contributed by atoms with Crippen LogP contribution in [0.2, 0.25) is 0 Å². The number of nitrogens with zero attached hydrogens (tertiary/aromatic N) is 1. The summed E-state index contributed by atoms with van der Waals surface area (Å²) in [6, 6.07) is 16.2. The summed E-state index contributed by atoms with van der Waals surface area (Å²) < 4.78 is 1.05. The van der Waals surface area contributed by atoms with Gasteiger partial charge < -0.3 is 5.73 Å². The maximum atomic E-state index is 6.46. The van der Waals surface area contributed by atoms with Gasteiger partial charge in [-0.2, -0.15) is 0 Å². The molecule has 100 valence electrons. The van der Waals surface area contributed by atoms with Crippen molar-refractivity contribution in [1.29, 1.82) is 0 Å². The zero-order valence-corrected chi connectivity index (χ0v) is 12.8. The van der Waals surface area contributed by atoms with E-state index in [0.29, 0.717) is 0 Å². The number of nitrogens with two attached hydrogens (primary N) is 1. The Bertz CT molecular complexity index is 742. The lowest BCUT2D eigenvalue weighted by Crippen LogP contribution is -2.13. The molecular weight excluding hydrogens is 312 g/mol. The number of hydrogen-bond acceptors (Lipinski definition) is 2. The summed E-state index contributed by atoms with van der Waals surface area (Å²) in [6.45, 7) is 2.07. The molecule has 0 saturated carbocycles. The highest BCUT2D eigenvalue weighted by molar-refractivity contribution is 9.10. The van der Waals surface area contributed by atoms with Gasteiger partial charge in [0.05, 0.1) is 11.6 Å². The number of para-hydroxylation sites is 1. The third-order valence-electron chi connectivity index (χ3n) is 3.42. The molecule has 3 aromatic rings. The maximum absolute atomic E-state index is 6.46. The summed E-state index contributed by atoms with van der Waals surface area (Å²) in [5, 5.41) is 1.12. The van der Waals surface area contributed by atoms with Gasteiger partial charge in [-0.25, -0.2) is 0 Å². The highest BCUT2D eigenvalue weighted by atomic mass is 79.9. The second kappa shape index (κ2) is 5.35. The molecule has 0 radical (unpaired) electrons. The fraction of sp³-hybridized carbons (Fsp3) is 0.118. The first-order valence-corrected chi connectivity index (χ1v) is 7.31.